The highest BCUT2D eigenvalue weighted by molar-refractivity contribution is 5.76. The number of carboxylic acid groups (broad SMARTS) is 1. The molecule has 0 aromatic carbocycles. The highest BCUT2D eigenvalue weighted by Crippen LogP contribution is 2.17. The first-order chi connectivity index (χ1) is 9.47. The second-order valence-corrected chi connectivity index (χ2v) is 5.02. The van der Waals surface area contributed by atoms with Crippen molar-refractivity contribution in [2.75, 3.05) is 13.1 Å². The molecule has 0 atom stereocenters. The average Bonchev–Trinajstić information content (AvgIpc) is 2.42. The van der Waals surface area contributed by atoms with Gasteiger partial charge in [0.1, 0.15) is 6.54 Å². The fourth-order valence-electron chi connectivity index (χ4n) is 2.25. The second-order valence-electron chi connectivity index (χ2n) is 5.02. The monoisotopic (exact) mass is 279 g/mol. The van der Waals surface area contributed by atoms with Gasteiger partial charge in [-0.05, 0) is 25.3 Å². The number of carbonyl (C=O) groups is 2. The third-order valence-electron chi connectivity index (χ3n) is 3.49. The van der Waals surface area contributed by atoms with Gasteiger partial charge in [0.2, 0.25) is 5.91 Å². The maximum Gasteiger partial charge on any atom is 0.306 e. The Morgan fingerprint density at radius 3 is 2.60 bits per heavy atom. The maximum atomic E-state index is 12.1. The number of carboxylic acids is 1. The molecule has 1 fully saturated rings. The van der Waals surface area contributed by atoms with E-state index >= 15 is 0 Å². The molecule has 2 rings (SSSR count). The zero-order chi connectivity index (χ0) is 14.7. The van der Waals surface area contributed by atoms with Crippen LogP contribution in [0, 0.1) is 12.8 Å². The van der Waals surface area contributed by atoms with Crippen molar-refractivity contribution >= 4 is 11.9 Å². The summed E-state index contributed by atoms with van der Waals surface area (Å²) in [4.78, 5) is 36.1. The highest BCUT2D eigenvalue weighted by atomic mass is 16.4. The lowest BCUT2D eigenvalue weighted by Crippen LogP contribution is -2.43. The van der Waals surface area contributed by atoms with Gasteiger partial charge < -0.3 is 10.0 Å². The van der Waals surface area contributed by atoms with Gasteiger partial charge >= 0.3 is 5.97 Å². The summed E-state index contributed by atoms with van der Waals surface area (Å²) in [5, 5.41) is 12.8. The molecule has 7 heteroatoms. The van der Waals surface area contributed by atoms with Crippen molar-refractivity contribution in [2.45, 2.75) is 26.3 Å². The van der Waals surface area contributed by atoms with Gasteiger partial charge in [-0.2, -0.15) is 5.10 Å². The SMILES string of the molecule is Cc1cnn(CC(=O)N2CCC(C(=O)O)CC2)c(=O)c1. The van der Waals surface area contributed by atoms with Gasteiger partial charge in [0.05, 0.1) is 12.1 Å². The van der Waals surface area contributed by atoms with Crippen LogP contribution < -0.4 is 5.56 Å². The number of piperidine rings is 1. The first-order valence-corrected chi connectivity index (χ1v) is 6.51. The van der Waals surface area contributed by atoms with Crippen LogP contribution in [0.25, 0.3) is 0 Å². The Morgan fingerprint density at radius 1 is 1.40 bits per heavy atom. The van der Waals surface area contributed by atoms with Crippen molar-refractivity contribution in [3.8, 4) is 0 Å². The van der Waals surface area contributed by atoms with E-state index in [0.29, 0.717) is 25.9 Å². The minimum Gasteiger partial charge on any atom is -0.481 e. The van der Waals surface area contributed by atoms with Gasteiger partial charge in [-0.15, -0.1) is 0 Å². The number of hydrogen-bond donors (Lipinski definition) is 1. The summed E-state index contributed by atoms with van der Waals surface area (Å²) in [5.74, 6) is -1.39. The second kappa shape index (κ2) is 5.85. The average molecular weight is 279 g/mol. The molecule has 7 nitrogen and oxygen atoms in total. The predicted molar refractivity (Wildman–Crippen MR) is 70.2 cm³/mol. The molecular formula is C13H17N3O4. The smallest absolute Gasteiger partial charge is 0.306 e. The number of aryl methyl sites for hydroxylation is 1. The van der Waals surface area contributed by atoms with Gasteiger partial charge in [0, 0.05) is 19.2 Å². The van der Waals surface area contributed by atoms with Crippen LogP contribution in [0.2, 0.25) is 0 Å². The van der Waals surface area contributed by atoms with Crippen LogP contribution in [0.3, 0.4) is 0 Å². The van der Waals surface area contributed by atoms with E-state index in [9.17, 15) is 14.4 Å². The van der Waals surface area contributed by atoms with Crippen molar-refractivity contribution in [1.29, 1.82) is 0 Å². The molecule has 20 heavy (non-hydrogen) atoms. The molecule has 1 aromatic rings. The first kappa shape index (κ1) is 14.2. The Balaban J connectivity index is 1.96. The lowest BCUT2D eigenvalue weighted by molar-refractivity contribution is -0.145. The van der Waals surface area contributed by atoms with E-state index in [1.54, 1.807) is 11.8 Å². The van der Waals surface area contributed by atoms with E-state index in [0.717, 1.165) is 10.2 Å². The number of likely N-dealkylation sites (tertiary alicyclic amines) is 1. The predicted octanol–water partition coefficient (Wildman–Crippen LogP) is -0.125. The Kier molecular flexibility index (Phi) is 4.16. The number of nitrogens with zero attached hydrogens (tertiary/aromatic N) is 3. The Labute approximate surface area is 115 Å². The topological polar surface area (TPSA) is 92.5 Å². The number of rotatable bonds is 3. The fourth-order valence-corrected chi connectivity index (χ4v) is 2.25. The summed E-state index contributed by atoms with van der Waals surface area (Å²) in [7, 11) is 0. The van der Waals surface area contributed by atoms with Crippen LogP contribution in [0.5, 0.6) is 0 Å². The third kappa shape index (κ3) is 3.23. The molecule has 0 unspecified atom stereocenters. The standard InChI is InChI=1S/C13H17N3O4/c1-9-6-11(17)16(14-7-9)8-12(18)15-4-2-10(3-5-15)13(19)20/h6-7,10H,2-5,8H2,1H3,(H,19,20). The molecule has 1 aliphatic heterocycles. The van der Waals surface area contributed by atoms with Gasteiger partial charge in [-0.3, -0.25) is 14.4 Å². The number of aromatic nitrogens is 2. The molecule has 0 aliphatic carbocycles. The molecule has 1 amide bonds. The van der Waals surface area contributed by atoms with E-state index in [1.807, 2.05) is 0 Å². The van der Waals surface area contributed by atoms with Gasteiger partial charge in [-0.1, -0.05) is 0 Å². The van der Waals surface area contributed by atoms with Crippen molar-refractivity contribution in [2.24, 2.45) is 5.92 Å². The lowest BCUT2D eigenvalue weighted by Gasteiger charge is -2.30. The fraction of sp³-hybridized carbons (Fsp3) is 0.538. The van der Waals surface area contributed by atoms with Crippen molar-refractivity contribution in [1.82, 2.24) is 14.7 Å². The molecule has 1 N–H and O–H groups in total. The van der Waals surface area contributed by atoms with Gasteiger partial charge in [-0.25, -0.2) is 4.68 Å². The van der Waals surface area contributed by atoms with E-state index < -0.39 is 5.97 Å². The maximum absolute atomic E-state index is 12.1. The van der Waals surface area contributed by atoms with Crippen LogP contribution >= 0.6 is 0 Å². The summed E-state index contributed by atoms with van der Waals surface area (Å²) in [6.45, 7) is 2.49. The minimum absolute atomic E-state index is 0.100. The van der Waals surface area contributed by atoms with Crippen molar-refractivity contribution < 1.29 is 14.7 Å². The highest BCUT2D eigenvalue weighted by Gasteiger charge is 2.27. The van der Waals surface area contributed by atoms with Gasteiger partial charge in [0.15, 0.2) is 0 Å². The van der Waals surface area contributed by atoms with Crippen LogP contribution in [0.4, 0.5) is 0 Å². The molecule has 108 valence electrons. The summed E-state index contributed by atoms with van der Waals surface area (Å²) in [5.41, 5.74) is 0.444. The molecule has 1 saturated heterocycles. The van der Waals surface area contributed by atoms with Crippen LogP contribution in [0.15, 0.2) is 17.1 Å². The Morgan fingerprint density at radius 2 is 2.05 bits per heavy atom. The number of carbonyl (C=O) groups excluding carboxylic acids is 1. The lowest BCUT2D eigenvalue weighted by atomic mass is 9.97. The molecule has 0 saturated carbocycles. The molecule has 0 radical (unpaired) electrons. The third-order valence-corrected chi connectivity index (χ3v) is 3.49. The summed E-state index contributed by atoms with van der Waals surface area (Å²) in [6.07, 6.45) is 2.44. The zero-order valence-electron chi connectivity index (χ0n) is 11.3. The van der Waals surface area contributed by atoms with E-state index in [-0.39, 0.29) is 23.9 Å². The number of aliphatic carboxylic acids is 1. The zero-order valence-corrected chi connectivity index (χ0v) is 11.3. The normalized spacial score (nSPS) is 16.1. The molecule has 0 spiro atoms. The van der Waals surface area contributed by atoms with E-state index in [1.165, 1.54) is 12.3 Å². The Bertz CT molecular complexity index is 573. The van der Waals surface area contributed by atoms with E-state index in [2.05, 4.69) is 5.10 Å². The molecule has 1 aliphatic rings. The van der Waals surface area contributed by atoms with Crippen LogP contribution in [-0.4, -0.2) is 44.8 Å². The summed E-state index contributed by atoms with van der Waals surface area (Å²) < 4.78 is 1.12. The Hall–Kier alpha value is -2.18. The molecule has 0 bridgehead atoms. The summed E-state index contributed by atoms with van der Waals surface area (Å²) in [6, 6.07) is 1.43. The molecule has 1 aromatic heterocycles. The van der Waals surface area contributed by atoms with Crippen LogP contribution in [0.1, 0.15) is 18.4 Å². The molecule has 2 heterocycles. The quantitative estimate of drug-likeness (QED) is 0.832. The number of hydrogen-bond acceptors (Lipinski definition) is 4. The van der Waals surface area contributed by atoms with Crippen molar-refractivity contribution in [3.05, 3.63) is 28.2 Å². The minimum atomic E-state index is -0.812. The first-order valence-electron chi connectivity index (χ1n) is 6.51. The largest absolute Gasteiger partial charge is 0.481 e. The molecular weight excluding hydrogens is 262 g/mol. The number of amides is 1. The van der Waals surface area contributed by atoms with Crippen LogP contribution in [-0.2, 0) is 16.1 Å². The van der Waals surface area contributed by atoms with Crippen molar-refractivity contribution in [3.63, 3.8) is 0 Å². The van der Waals surface area contributed by atoms with E-state index in [4.69, 9.17) is 5.11 Å². The summed E-state index contributed by atoms with van der Waals surface area (Å²) >= 11 is 0. The van der Waals surface area contributed by atoms with Gasteiger partial charge in [0.25, 0.3) is 5.56 Å².